The van der Waals surface area contributed by atoms with Gasteiger partial charge in [-0.25, -0.2) is 4.98 Å². The van der Waals surface area contributed by atoms with E-state index in [1.165, 1.54) is 6.07 Å². The Kier molecular flexibility index (Phi) is 3.99. The third-order valence-electron chi connectivity index (χ3n) is 3.34. The number of aromatic nitrogens is 1. The van der Waals surface area contributed by atoms with Gasteiger partial charge in [-0.2, -0.15) is 0 Å². The maximum atomic E-state index is 12.3. The first-order valence-electron chi connectivity index (χ1n) is 6.08. The second-order valence-corrected chi connectivity index (χ2v) is 5.12. The Bertz CT molecular complexity index is 513. The summed E-state index contributed by atoms with van der Waals surface area (Å²) < 4.78 is 0. The van der Waals surface area contributed by atoms with E-state index < -0.39 is 4.92 Å². The molecule has 0 bridgehead atoms. The van der Waals surface area contributed by atoms with Crippen LogP contribution in [0.25, 0.3) is 0 Å². The lowest BCUT2D eigenvalue weighted by Crippen LogP contribution is -2.38. The molecule has 1 aromatic rings. The molecule has 0 spiro atoms. The first kappa shape index (κ1) is 13.7. The van der Waals surface area contributed by atoms with Crippen molar-refractivity contribution in [2.24, 2.45) is 5.92 Å². The van der Waals surface area contributed by atoms with Gasteiger partial charge in [-0.05, 0) is 18.8 Å². The van der Waals surface area contributed by atoms with Crippen molar-refractivity contribution in [2.75, 3.05) is 13.1 Å². The predicted molar refractivity (Wildman–Crippen MR) is 70.2 cm³/mol. The lowest BCUT2D eigenvalue weighted by Gasteiger charge is -2.30. The lowest BCUT2D eigenvalue weighted by molar-refractivity contribution is -0.385. The average Bonchev–Trinajstić information content (AvgIpc) is 2.39. The fourth-order valence-corrected chi connectivity index (χ4v) is 2.25. The van der Waals surface area contributed by atoms with Gasteiger partial charge in [0, 0.05) is 19.2 Å². The molecule has 0 unspecified atom stereocenters. The molecule has 0 aliphatic carbocycles. The van der Waals surface area contributed by atoms with Gasteiger partial charge in [-0.15, -0.1) is 0 Å². The molecule has 2 rings (SSSR count). The number of piperidine rings is 1. The molecule has 1 saturated heterocycles. The Morgan fingerprint density at radius 1 is 1.53 bits per heavy atom. The molecule has 2 heterocycles. The number of carbonyl (C=O) groups excluding carboxylic acids is 1. The number of amides is 1. The van der Waals surface area contributed by atoms with Crippen LogP contribution in [0.5, 0.6) is 0 Å². The molecule has 0 radical (unpaired) electrons. The highest BCUT2D eigenvalue weighted by molar-refractivity contribution is 6.32. The van der Waals surface area contributed by atoms with Gasteiger partial charge in [-0.3, -0.25) is 14.9 Å². The summed E-state index contributed by atoms with van der Waals surface area (Å²) in [6.07, 6.45) is 2.93. The van der Waals surface area contributed by atoms with Crippen LogP contribution in [-0.2, 0) is 0 Å². The van der Waals surface area contributed by atoms with Crippen LogP contribution >= 0.6 is 11.6 Å². The minimum atomic E-state index is -0.585. The van der Waals surface area contributed by atoms with Gasteiger partial charge in [0.1, 0.15) is 11.3 Å². The van der Waals surface area contributed by atoms with E-state index in [2.05, 4.69) is 11.9 Å². The Hall–Kier alpha value is -1.69. The molecule has 1 aliphatic heterocycles. The molecular weight excluding hydrogens is 270 g/mol. The van der Waals surface area contributed by atoms with Crippen LogP contribution in [0.15, 0.2) is 12.3 Å². The molecule has 1 fully saturated rings. The molecule has 0 aromatic carbocycles. The topological polar surface area (TPSA) is 76.3 Å². The normalized spacial score (nSPS) is 16.4. The summed E-state index contributed by atoms with van der Waals surface area (Å²) in [6, 6.07) is 1.19. The van der Waals surface area contributed by atoms with Crippen molar-refractivity contribution >= 4 is 23.2 Å². The standard InChI is InChI=1S/C12H14ClN3O3/c1-8-2-4-15(5-3-8)12(17)10-6-9(16(18)19)7-14-11(10)13/h6-8H,2-5H2,1H3. The van der Waals surface area contributed by atoms with Crippen molar-refractivity contribution in [1.29, 1.82) is 0 Å². The zero-order valence-corrected chi connectivity index (χ0v) is 11.3. The third kappa shape index (κ3) is 3.01. The zero-order chi connectivity index (χ0) is 14.0. The number of pyridine rings is 1. The first-order valence-corrected chi connectivity index (χ1v) is 6.46. The highest BCUT2D eigenvalue weighted by Gasteiger charge is 2.25. The fourth-order valence-electron chi connectivity index (χ4n) is 2.07. The average molecular weight is 284 g/mol. The van der Waals surface area contributed by atoms with Gasteiger partial charge in [0.25, 0.3) is 11.6 Å². The number of carbonyl (C=O) groups is 1. The lowest BCUT2D eigenvalue weighted by atomic mass is 9.99. The Morgan fingerprint density at radius 2 is 2.16 bits per heavy atom. The van der Waals surface area contributed by atoms with Gasteiger partial charge in [0.15, 0.2) is 0 Å². The number of hydrogen-bond acceptors (Lipinski definition) is 4. The number of nitrogens with zero attached hydrogens (tertiary/aromatic N) is 3. The SMILES string of the molecule is CC1CCN(C(=O)c2cc([N+](=O)[O-])cnc2Cl)CC1. The molecular formula is C12H14ClN3O3. The van der Waals surface area contributed by atoms with Gasteiger partial charge in [0.05, 0.1) is 10.5 Å². The molecule has 1 amide bonds. The van der Waals surface area contributed by atoms with Crippen LogP contribution in [0, 0.1) is 16.0 Å². The van der Waals surface area contributed by atoms with Crippen molar-refractivity contribution < 1.29 is 9.72 Å². The van der Waals surface area contributed by atoms with E-state index in [0.717, 1.165) is 19.0 Å². The van der Waals surface area contributed by atoms with Crippen LogP contribution in [0.4, 0.5) is 5.69 Å². The van der Waals surface area contributed by atoms with E-state index >= 15 is 0 Å². The zero-order valence-electron chi connectivity index (χ0n) is 10.5. The van der Waals surface area contributed by atoms with E-state index in [1.807, 2.05) is 0 Å². The molecule has 7 heteroatoms. The van der Waals surface area contributed by atoms with Gasteiger partial charge in [-0.1, -0.05) is 18.5 Å². The maximum absolute atomic E-state index is 12.3. The summed E-state index contributed by atoms with van der Waals surface area (Å²) in [6.45, 7) is 3.45. The van der Waals surface area contributed by atoms with E-state index in [4.69, 9.17) is 11.6 Å². The number of halogens is 1. The minimum absolute atomic E-state index is 0.00854. The molecule has 0 atom stereocenters. The van der Waals surface area contributed by atoms with Crippen molar-refractivity contribution in [2.45, 2.75) is 19.8 Å². The van der Waals surface area contributed by atoms with E-state index in [-0.39, 0.29) is 22.3 Å². The van der Waals surface area contributed by atoms with Crippen molar-refractivity contribution in [3.63, 3.8) is 0 Å². The summed E-state index contributed by atoms with van der Waals surface area (Å²) >= 11 is 5.86. The smallest absolute Gasteiger partial charge is 0.288 e. The van der Waals surface area contributed by atoms with E-state index in [9.17, 15) is 14.9 Å². The second kappa shape index (κ2) is 5.52. The van der Waals surface area contributed by atoms with Gasteiger partial charge >= 0.3 is 0 Å². The summed E-state index contributed by atoms with van der Waals surface area (Å²) in [5.41, 5.74) is -0.122. The first-order chi connectivity index (χ1) is 8.99. The van der Waals surface area contributed by atoms with Crippen LogP contribution in [0.1, 0.15) is 30.1 Å². The molecule has 1 aliphatic rings. The molecule has 0 N–H and O–H groups in total. The predicted octanol–water partition coefficient (Wildman–Crippen LogP) is 2.52. The van der Waals surface area contributed by atoms with E-state index in [0.29, 0.717) is 19.0 Å². The Balaban J connectivity index is 2.23. The molecule has 6 nitrogen and oxygen atoms in total. The summed E-state index contributed by atoms with van der Waals surface area (Å²) in [5.74, 6) is 0.316. The third-order valence-corrected chi connectivity index (χ3v) is 3.64. The van der Waals surface area contributed by atoms with Crippen molar-refractivity contribution in [3.8, 4) is 0 Å². The van der Waals surface area contributed by atoms with E-state index in [1.54, 1.807) is 4.90 Å². The Labute approximate surface area is 115 Å². The monoisotopic (exact) mass is 283 g/mol. The molecule has 0 saturated carbocycles. The van der Waals surface area contributed by atoms with Crippen LogP contribution in [0.2, 0.25) is 5.15 Å². The number of likely N-dealkylation sites (tertiary alicyclic amines) is 1. The number of rotatable bonds is 2. The van der Waals surface area contributed by atoms with Crippen LogP contribution in [0.3, 0.4) is 0 Å². The van der Waals surface area contributed by atoms with Crippen molar-refractivity contribution in [1.82, 2.24) is 9.88 Å². The van der Waals surface area contributed by atoms with Crippen molar-refractivity contribution in [3.05, 3.63) is 33.1 Å². The van der Waals surface area contributed by atoms with Crippen LogP contribution < -0.4 is 0 Å². The quantitative estimate of drug-likeness (QED) is 0.475. The second-order valence-electron chi connectivity index (χ2n) is 4.76. The maximum Gasteiger partial charge on any atom is 0.288 e. The summed E-state index contributed by atoms with van der Waals surface area (Å²) in [4.78, 5) is 27.8. The van der Waals surface area contributed by atoms with Crippen LogP contribution in [-0.4, -0.2) is 33.8 Å². The Morgan fingerprint density at radius 3 is 2.74 bits per heavy atom. The van der Waals surface area contributed by atoms with Gasteiger partial charge < -0.3 is 4.90 Å². The summed E-state index contributed by atoms with van der Waals surface area (Å²) in [7, 11) is 0. The summed E-state index contributed by atoms with van der Waals surface area (Å²) in [5, 5.41) is 10.7. The highest BCUT2D eigenvalue weighted by Crippen LogP contribution is 2.23. The molecule has 102 valence electrons. The minimum Gasteiger partial charge on any atom is -0.339 e. The van der Waals surface area contributed by atoms with Gasteiger partial charge in [0.2, 0.25) is 0 Å². The largest absolute Gasteiger partial charge is 0.339 e. The molecule has 1 aromatic heterocycles. The fraction of sp³-hybridized carbons (Fsp3) is 0.500. The molecule has 19 heavy (non-hydrogen) atoms. The highest BCUT2D eigenvalue weighted by atomic mass is 35.5. The number of hydrogen-bond donors (Lipinski definition) is 0. The number of nitro groups is 1.